The Hall–Kier alpha value is -0.980. The lowest BCUT2D eigenvalue weighted by Gasteiger charge is -2.26. The van der Waals surface area contributed by atoms with Crippen LogP contribution in [0.3, 0.4) is 0 Å². The fourth-order valence-electron chi connectivity index (χ4n) is 1.77. The van der Waals surface area contributed by atoms with Gasteiger partial charge in [-0.1, -0.05) is 0 Å². The van der Waals surface area contributed by atoms with E-state index in [4.69, 9.17) is 9.84 Å². The quantitative estimate of drug-likeness (QED) is 0.436. The molecular weight excluding hydrogens is 224 g/mol. The lowest BCUT2D eigenvalue weighted by molar-refractivity contribution is -0.140. The molecule has 0 amide bonds. The van der Waals surface area contributed by atoms with Gasteiger partial charge in [0, 0.05) is 19.5 Å². The molecule has 0 bridgehead atoms. The summed E-state index contributed by atoms with van der Waals surface area (Å²) in [5.41, 5.74) is 0. The lowest BCUT2D eigenvalue weighted by Crippen LogP contribution is -2.40. The lowest BCUT2D eigenvalue weighted by atomic mass is 10.2. The van der Waals surface area contributed by atoms with Crippen LogP contribution in [0.15, 0.2) is 0 Å². The zero-order chi connectivity index (χ0) is 12.5. The third-order valence-corrected chi connectivity index (χ3v) is 2.78. The van der Waals surface area contributed by atoms with Gasteiger partial charge >= 0.3 is 5.97 Å². The molecular formula is C11H20N2O4. The second-order valence-electron chi connectivity index (χ2n) is 4.05. The molecule has 0 aliphatic carbocycles. The first kappa shape index (κ1) is 14.1. The molecule has 0 saturated carbocycles. The van der Waals surface area contributed by atoms with Crippen molar-refractivity contribution >= 4 is 12.3 Å². The van der Waals surface area contributed by atoms with Crippen molar-refractivity contribution in [1.29, 1.82) is 0 Å². The highest BCUT2D eigenvalue weighted by Gasteiger charge is 2.15. The van der Waals surface area contributed by atoms with Crippen LogP contribution in [0.25, 0.3) is 0 Å². The number of carbonyl (C=O) groups is 2. The summed E-state index contributed by atoms with van der Waals surface area (Å²) in [6.07, 6.45) is 1.53. The Morgan fingerprint density at radius 1 is 1.47 bits per heavy atom. The van der Waals surface area contributed by atoms with Crippen LogP contribution in [0.1, 0.15) is 12.8 Å². The molecule has 1 aliphatic heterocycles. The minimum atomic E-state index is -0.969. The number of nitrogens with zero attached hydrogens (tertiary/aromatic N) is 1. The highest BCUT2D eigenvalue weighted by molar-refractivity contribution is 5.76. The fourth-order valence-corrected chi connectivity index (χ4v) is 1.77. The second kappa shape index (κ2) is 8.16. The van der Waals surface area contributed by atoms with Crippen molar-refractivity contribution in [2.75, 3.05) is 39.4 Å². The SMILES string of the molecule is O=CCC(NCCCN1CCOCC1)C(=O)O. The molecule has 1 heterocycles. The van der Waals surface area contributed by atoms with Crippen LogP contribution in [0, 0.1) is 0 Å². The molecule has 1 fully saturated rings. The maximum atomic E-state index is 10.7. The summed E-state index contributed by atoms with van der Waals surface area (Å²) in [6, 6.07) is -0.753. The molecule has 1 atom stereocenters. The summed E-state index contributed by atoms with van der Waals surface area (Å²) in [5, 5.41) is 11.7. The van der Waals surface area contributed by atoms with Crippen molar-refractivity contribution in [3.63, 3.8) is 0 Å². The highest BCUT2D eigenvalue weighted by Crippen LogP contribution is 1.98. The molecule has 1 aliphatic rings. The van der Waals surface area contributed by atoms with Gasteiger partial charge in [0.1, 0.15) is 12.3 Å². The largest absolute Gasteiger partial charge is 0.480 e. The number of hydrogen-bond acceptors (Lipinski definition) is 5. The minimum Gasteiger partial charge on any atom is -0.480 e. The van der Waals surface area contributed by atoms with Gasteiger partial charge in [-0.3, -0.25) is 9.69 Å². The number of carboxylic acid groups (broad SMARTS) is 1. The molecule has 0 aromatic rings. The number of carbonyl (C=O) groups excluding carboxylic acids is 1. The van der Waals surface area contributed by atoms with Crippen molar-refractivity contribution in [3.05, 3.63) is 0 Å². The average molecular weight is 244 g/mol. The smallest absolute Gasteiger partial charge is 0.321 e. The summed E-state index contributed by atoms with van der Waals surface area (Å²) in [4.78, 5) is 23.3. The molecule has 6 heteroatoms. The molecule has 0 aromatic heterocycles. The van der Waals surface area contributed by atoms with Crippen molar-refractivity contribution in [1.82, 2.24) is 10.2 Å². The predicted octanol–water partition coefficient (Wildman–Crippen LogP) is -0.659. The first-order valence-electron chi connectivity index (χ1n) is 5.94. The zero-order valence-electron chi connectivity index (χ0n) is 9.93. The van der Waals surface area contributed by atoms with Gasteiger partial charge in [-0.05, 0) is 19.5 Å². The zero-order valence-corrected chi connectivity index (χ0v) is 9.93. The van der Waals surface area contributed by atoms with Gasteiger partial charge < -0.3 is 20.0 Å². The van der Waals surface area contributed by atoms with Gasteiger partial charge in [0.15, 0.2) is 0 Å². The van der Waals surface area contributed by atoms with E-state index >= 15 is 0 Å². The van der Waals surface area contributed by atoms with E-state index in [9.17, 15) is 9.59 Å². The van der Waals surface area contributed by atoms with Crippen molar-refractivity contribution in [3.8, 4) is 0 Å². The molecule has 0 aromatic carbocycles. The Morgan fingerprint density at radius 3 is 2.76 bits per heavy atom. The molecule has 1 saturated heterocycles. The Labute approximate surface area is 101 Å². The molecule has 6 nitrogen and oxygen atoms in total. The summed E-state index contributed by atoms with van der Waals surface area (Å²) in [7, 11) is 0. The minimum absolute atomic E-state index is 0.0207. The van der Waals surface area contributed by atoms with Crippen molar-refractivity contribution in [2.24, 2.45) is 0 Å². The van der Waals surface area contributed by atoms with Gasteiger partial charge in [0.2, 0.25) is 0 Å². The first-order chi connectivity index (χ1) is 8.24. The predicted molar refractivity (Wildman–Crippen MR) is 62.0 cm³/mol. The number of nitrogens with one attached hydrogen (secondary N) is 1. The number of rotatable bonds is 8. The van der Waals surface area contributed by atoms with Crippen LogP contribution in [-0.2, 0) is 14.3 Å². The number of carboxylic acids is 1. The van der Waals surface area contributed by atoms with Crippen molar-refractivity contribution < 1.29 is 19.4 Å². The van der Waals surface area contributed by atoms with Crippen LogP contribution < -0.4 is 5.32 Å². The summed E-state index contributed by atoms with van der Waals surface area (Å²) >= 11 is 0. The number of aldehydes is 1. The molecule has 1 unspecified atom stereocenters. The maximum Gasteiger partial charge on any atom is 0.321 e. The van der Waals surface area contributed by atoms with Gasteiger partial charge in [0.25, 0.3) is 0 Å². The van der Waals surface area contributed by atoms with E-state index in [2.05, 4.69) is 10.2 Å². The monoisotopic (exact) mass is 244 g/mol. The number of hydrogen-bond donors (Lipinski definition) is 2. The number of ether oxygens (including phenoxy) is 1. The second-order valence-corrected chi connectivity index (χ2v) is 4.05. The van der Waals surface area contributed by atoms with Gasteiger partial charge in [0.05, 0.1) is 13.2 Å². The van der Waals surface area contributed by atoms with E-state index in [0.29, 0.717) is 12.8 Å². The van der Waals surface area contributed by atoms with Crippen LogP contribution >= 0.6 is 0 Å². The van der Waals surface area contributed by atoms with Gasteiger partial charge in [-0.25, -0.2) is 0 Å². The Morgan fingerprint density at radius 2 is 2.18 bits per heavy atom. The van der Waals surface area contributed by atoms with E-state index in [1.165, 1.54) is 0 Å². The molecule has 98 valence electrons. The Balaban J connectivity index is 2.08. The molecule has 17 heavy (non-hydrogen) atoms. The van der Waals surface area contributed by atoms with E-state index < -0.39 is 12.0 Å². The average Bonchev–Trinajstić information content (AvgIpc) is 2.34. The maximum absolute atomic E-state index is 10.7. The molecule has 2 N–H and O–H groups in total. The van der Waals surface area contributed by atoms with Gasteiger partial charge in [-0.2, -0.15) is 0 Å². The van der Waals surface area contributed by atoms with Crippen LogP contribution in [-0.4, -0.2) is 67.7 Å². The van der Waals surface area contributed by atoms with E-state index in [0.717, 1.165) is 39.3 Å². The number of morpholine rings is 1. The van der Waals surface area contributed by atoms with E-state index in [-0.39, 0.29) is 6.42 Å². The first-order valence-corrected chi connectivity index (χ1v) is 5.94. The normalized spacial score (nSPS) is 18.8. The number of aliphatic carboxylic acids is 1. The van der Waals surface area contributed by atoms with E-state index in [1.807, 2.05) is 0 Å². The Kier molecular flexibility index (Phi) is 6.76. The molecule has 1 rings (SSSR count). The van der Waals surface area contributed by atoms with Crippen LogP contribution in [0.2, 0.25) is 0 Å². The third-order valence-electron chi connectivity index (χ3n) is 2.78. The summed E-state index contributed by atoms with van der Waals surface area (Å²) < 4.78 is 5.23. The third kappa shape index (κ3) is 5.76. The van der Waals surface area contributed by atoms with Crippen molar-refractivity contribution in [2.45, 2.75) is 18.9 Å². The summed E-state index contributed by atoms with van der Waals surface area (Å²) in [5.74, 6) is -0.969. The van der Waals surface area contributed by atoms with Crippen LogP contribution in [0.4, 0.5) is 0 Å². The molecule has 0 radical (unpaired) electrons. The highest BCUT2D eigenvalue weighted by atomic mass is 16.5. The topological polar surface area (TPSA) is 78.9 Å². The molecule has 0 spiro atoms. The van der Waals surface area contributed by atoms with Gasteiger partial charge in [-0.15, -0.1) is 0 Å². The standard InChI is InChI=1S/C11H20N2O4/c14-7-2-10(11(15)16)12-3-1-4-13-5-8-17-9-6-13/h7,10,12H,1-6,8-9H2,(H,15,16). The summed E-state index contributed by atoms with van der Waals surface area (Å²) in [6.45, 7) is 4.98. The van der Waals surface area contributed by atoms with Crippen LogP contribution in [0.5, 0.6) is 0 Å². The fraction of sp³-hybridized carbons (Fsp3) is 0.818. The Bertz CT molecular complexity index is 242. The van der Waals surface area contributed by atoms with E-state index in [1.54, 1.807) is 0 Å².